The van der Waals surface area contributed by atoms with E-state index in [-0.39, 0.29) is 11.3 Å². The molecule has 0 bridgehead atoms. The molecule has 0 aromatic heterocycles. The molecule has 1 N–H and O–H groups in total. The highest BCUT2D eigenvalue weighted by atomic mass is 16.2. The van der Waals surface area contributed by atoms with Gasteiger partial charge in [-0.15, -0.1) is 0 Å². The third-order valence-corrected chi connectivity index (χ3v) is 2.18. The Hall–Kier alpha value is -1.06. The summed E-state index contributed by atoms with van der Waals surface area (Å²) in [5.41, 5.74) is -0.360. The minimum Gasteiger partial charge on any atom is -0.346 e. The minimum absolute atomic E-state index is 0.0185. The van der Waals surface area contributed by atoms with E-state index in [4.69, 9.17) is 0 Å². The van der Waals surface area contributed by atoms with Gasteiger partial charge >= 0.3 is 0 Å². The van der Waals surface area contributed by atoms with Crippen molar-refractivity contribution < 1.29 is 4.79 Å². The molecule has 0 fully saturated rings. The number of carbonyl (C=O) groups is 1. The SMILES string of the molecule is CN1CCCN=C1NC(=O)C(C)(C)C. The lowest BCUT2D eigenvalue weighted by atomic mass is 9.96. The Labute approximate surface area is 85.4 Å². The van der Waals surface area contributed by atoms with Crippen LogP contribution in [-0.2, 0) is 4.79 Å². The summed E-state index contributed by atoms with van der Waals surface area (Å²) in [7, 11) is 1.95. The van der Waals surface area contributed by atoms with Crippen LogP contribution in [0, 0.1) is 5.41 Å². The summed E-state index contributed by atoms with van der Waals surface area (Å²) >= 11 is 0. The predicted molar refractivity (Wildman–Crippen MR) is 57.1 cm³/mol. The molecule has 1 amide bonds. The zero-order valence-electron chi connectivity index (χ0n) is 9.42. The number of guanidine groups is 1. The number of nitrogens with one attached hydrogen (secondary N) is 1. The molecule has 4 heteroatoms. The second-order valence-corrected chi connectivity index (χ2v) is 4.68. The standard InChI is InChI=1S/C10H19N3O/c1-10(2,3)8(14)12-9-11-6-5-7-13(9)4/h5-7H2,1-4H3,(H,11,12,14). The third-order valence-electron chi connectivity index (χ3n) is 2.18. The maximum atomic E-state index is 11.7. The summed E-state index contributed by atoms with van der Waals surface area (Å²) in [4.78, 5) is 17.9. The second kappa shape index (κ2) is 3.98. The van der Waals surface area contributed by atoms with Gasteiger partial charge in [0, 0.05) is 25.6 Å². The molecule has 0 saturated carbocycles. The molecule has 0 spiro atoms. The van der Waals surface area contributed by atoms with Crippen molar-refractivity contribution in [3.63, 3.8) is 0 Å². The largest absolute Gasteiger partial charge is 0.346 e. The molecule has 1 aliphatic heterocycles. The van der Waals surface area contributed by atoms with E-state index >= 15 is 0 Å². The number of nitrogens with zero attached hydrogens (tertiary/aromatic N) is 2. The maximum Gasteiger partial charge on any atom is 0.232 e. The first kappa shape index (κ1) is 11.0. The Morgan fingerprint density at radius 3 is 2.64 bits per heavy atom. The molecular formula is C10H19N3O. The number of carbonyl (C=O) groups excluding carboxylic acids is 1. The topological polar surface area (TPSA) is 44.7 Å². The van der Waals surface area contributed by atoms with E-state index in [1.165, 1.54) is 0 Å². The summed E-state index contributed by atoms with van der Waals surface area (Å²) in [5.74, 6) is 0.723. The Morgan fingerprint density at radius 2 is 2.14 bits per heavy atom. The van der Waals surface area contributed by atoms with Crippen LogP contribution in [0.5, 0.6) is 0 Å². The van der Waals surface area contributed by atoms with E-state index in [0.29, 0.717) is 5.96 Å². The molecule has 1 aliphatic rings. The quantitative estimate of drug-likeness (QED) is 0.625. The molecule has 0 unspecified atom stereocenters. The van der Waals surface area contributed by atoms with Crippen LogP contribution in [-0.4, -0.2) is 36.9 Å². The van der Waals surface area contributed by atoms with Crippen LogP contribution in [0.2, 0.25) is 0 Å². The van der Waals surface area contributed by atoms with Crippen molar-refractivity contribution in [2.45, 2.75) is 27.2 Å². The highest BCUT2D eigenvalue weighted by molar-refractivity contribution is 5.99. The van der Waals surface area contributed by atoms with Crippen LogP contribution in [0.3, 0.4) is 0 Å². The monoisotopic (exact) mass is 197 g/mol. The molecule has 80 valence electrons. The maximum absolute atomic E-state index is 11.7. The molecule has 0 radical (unpaired) electrons. The lowest BCUT2D eigenvalue weighted by Crippen LogP contribution is -2.48. The van der Waals surface area contributed by atoms with Crippen molar-refractivity contribution in [3.8, 4) is 0 Å². The molecule has 0 atom stereocenters. The van der Waals surface area contributed by atoms with Crippen molar-refractivity contribution in [2.24, 2.45) is 10.4 Å². The van der Waals surface area contributed by atoms with Gasteiger partial charge in [0.25, 0.3) is 0 Å². The van der Waals surface area contributed by atoms with Gasteiger partial charge < -0.3 is 4.90 Å². The average Bonchev–Trinajstić information content (AvgIpc) is 2.07. The van der Waals surface area contributed by atoms with E-state index in [1.807, 2.05) is 32.7 Å². The third kappa shape index (κ3) is 2.72. The predicted octanol–water partition coefficient (Wildman–Crippen LogP) is 0.840. The van der Waals surface area contributed by atoms with Crippen molar-refractivity contribution in [1.82, 2.24) is 10.2 Å². The van der Waals surface area contributed by atoms with E-state index in [2.05, 4.69) is 10.3 Å². The van der Waals surface area contributed by atoms with E-state index in [0.717, 1.165) is 19.5 Å². The zero-order valence-corrected chi connectivity index (χ0v) is 9.42. The number of hydrogen-bond donors (Lipinski definition) is 1. The summed E-state index contributed by atoms with van der Waals surface area (Å²) in [6.07, 6.45) is 1.06. The minimum atomic E-state index is -0.360. The first-order valence-electron chi connectivity index (χ1n) is 4.98. The molecular weight excluding hydrogens is 178 g/mol. The van der Waals surface area contributed by atoms with Crippen LogP contribution >= 0.6 is 0 Å². The smallest absolute Gasteiger partial charge is 0.232 e. The van der Waals surface area contributed by atoms with Crippen LogP contribution in [0.4, 0.5) is 0 Å². The molecule has 0 aromatic carbocycles. The second-order valence-electron chi connectivity index (χ2n) is 4.68. The van der Waals surface area contributed by atoms with Gasteiger partial charge in [0.05, 0.1) is 0 Å². The van der Waals surface area contributed by atoms with Crippen LogP contribution in [0.25, 0.3) is 0 Å². The molecule has 1 heterocycles. The average molecular weight is 197 g/mol. The van der Waals surface area contributed by atoms with Gasteiger partial charge in [0.2, 0.25) is 5.91 Å². The first-order chi connectivity index (χ1) is 6.41. The van der Waals surface area contributed by atoms with Gasteiger partial charge in [0.15, 0.2) is 5.96 Å². The zero-order chi connectivity index (χ0) is 10.8. The number of rotatable bonds is 0. The van der Waals surface area contributed by atoms with Crippen molar-refractivity contribution in [3.05, 3.63) is 0 Å². The van der Waals surface area contributed by atoms with Gasteiger partial charge in [-0.2, -0.15) is 0 Å². The lowest BCUT2D eigenvalue weighted by molar-refractivity contribution is -0.127. The molecule has 1 rings (SSSR count). The van der Waals surface area contributed by atoms with Gasteiger partial charge in [-0.3, -0.25) is 15.1 Å². The summed E-state index contributed by atoms with van der Waals surface area (Å²) in [6.45, 7) is 7.45. The van der Waals surface area contributed by atoms with Gasteiger partial charge in [0.1, 0.15) is 0 Å². The van der Waals surface area contributed by atoms with E-state index in [9.17, 15) is 4.79 Å². The highest BCUT2D eigenvalue weighted by Crippen LogP contribution is 2.12. The molecule has 4 nitrogen and oxygen atoms in total. The molecule has 0 aliphatic carbocycles. The Bertz CT molecular complexity index is 253. The Balaban J connectivity index is 2.60. The lowest BCUT2D eigenvalue weighted by Gasteiger charge is -2.27. The fourth-order valence-electron chi connectivity index (χ4n) is 1.14. The van der Waals surface area contributed by atoms with Crippen LogP contribution in [0.1, 0.15) is 27.2 Å². The number of amides is 1. The van der Waals surface area contributed by atoms with E-state index < -0.39 is 0 Å². The van der Waals surface area contributed by atoms with Crippen molar-refractivity contribution in [1.29, 1.82) is 0 Å². The summed E-state index contributed by atoms with van der Waals surface area (Å²) < 4.78 is 0. The molecule has 0 saturated heterocycles. The summed E-state index contributed by atoms with van der Waals surface area (Å²) in [6, 6.07) is 0. The highest BCUT2D eigenvalue weighted by Gasteiger charge is 2.24. The molecule has 14 heavy (non-hydrogen) atoms. The van der Waals surface area contributed by atoms with Crippen molar-refractivity contribution >= 4 is 11.9 Å². The first-order valence-corrected chi connectivity index (χ1v) is 4.98. The van der Waals surface area contributed by atoms with Gasteiger partial charge in [-0.1, -0.05) is 20.8 Å². The molecule has 0 aromatic rings. The fraction of sp³-hybridized carbons (Fsp3) is 0.800. The van der Waals surface area contributed by atoms with E-state index in [1.54, 1.807) is 0 Å². The van der Waals surface area contributed by atoms with Crippen LogP contribution in [0.15, 0.2) is 4.99 Å². The van der Waals surface area contributed by atoms with Gasteiger partial charge in [-0.25, -0.2) is 0 Å². The van der Waals surface area contributed by atoms with Crippen LogP contribution < -0.4 is 5.32 Å². The fourth-order valence-corrected chi connectivity index (χ4v) is 1.14. The number of hydrogen-bond acceptors (Lipinski definition) is 3. The normalized spacial score (nSPS) is 17.7. The Morgan fingerprint density at radius 1 is 1.50 bits per heavy atom. The Kier molecular flexibility index (Phi) is 3.13. The number of aliphatic imine (C=N–C) groups is 1. The summed E-state index contributed by atoms with van der Waals surface area (Å²) in [5, 5.41) is 2.85. The van der Waals surface area contributed by atoms with Gasteiger partial charge in [-0.05, 0) is 6.42 Å². The van der Waals surface area contributed by atoms with Crippen molar-refractivity contribution in [2.75, 3.05) is 20.1 Å².